The Hall–Kier alpha value is -0.135. The summed E-state index contributed by atoms with van der Waals surface area (Å²) >= 11 is 0. The molecule has 4 N–H and O–H groups in total. The first kappa shape index (κ1) is 7.97. The number of aliphatic hydroxyl groups excluding tert-OH is 1. The summed E-state index contributed by atoms with van der Waals surface area (Å²) in [6.45, 7) is -0.0223. The molecule has 0 saturated carbocycles. The van der Waals surface area contributed by atoms with Crippen molar-refractivity contribution in [2.75, 3.05) is 6.61 Å². The molecule has 2 unspecified atom stereocenters. The molecule has 0 bridgehead atoms. The highest BCUT2D eigenvalue weighted by atomic mass is 17.1. The van der Waals surface area contributed by atoms with Gasteiger partial charge in [-0.1, -0.05) is 0 Å². The highest BCUT2D eigenvalue weighted by Gasteiger charge is 2.40. The third-order valence-electron chi connectivity index (χ3n) is 1.48. The van der Waals surface area contributed by atoms with Crippen LogP contribution in [0.25, 0.3) is 0 Å². The Morgan fingerprint density at radius 3 is 2.80 bits per heavy atom. The van der Waals surface area contributed by atoms with Crippen LogP contribution in [0, 0.1) is 0 Å². The van der Waals surface area contributed by atoms with Crippen LogP contribution in [0.1, 0.15) is 0 Å². The fraction of sp³-hybridized carbons (Fsp3) is 1.00. The van der Waals surface area contributed by atoms with Gasteiger partial charge in [-0.15, -0.1) is 0 Å². The molecule has 6 heteroatoms. The zero-order valence-electron chi connectivity index (χ0n) is 5.30. The van der Waals surface area contributed by atoms with Gasteiger partial charge in [-0.3, -0.25) is 5.26 Å². The van der Waals surface area contributed by atoms with Gasteiger partial charge in [-0.2, -0.15) is 0 Å². The Kier molecular flexibility index (Phi) is 2.64. The number of hydrogen-bond donors (Lipinski definition) is 3. The minimum absolute atomic E-state index is 0.0223. The summed E-state index contributed by atoms with van der Waals surface area (Å²) < 4.78 is 4.93. The van der Waals surface area contributed by atoms with E-state index in [4.69, 9.17) is 20.7 Å². The normalized spacial score (nSPS) is 38.9. The highest BCUT2D eigenvalue weighted by molar-refractivity contribution is 6.33. The van der Waals surface area contributed by atoms with E-state index in [9.17, 15) is 0 Å². The summed E-state index contributed by atoms with van der Waals surface area (Å²) in [7, 11) is 1.26. The summed E-state index contributed by atoms with van der Waals surface area (Å²) in [5.74, 6) is 0. The van der Waals surface area contributed by atoms with Gasteiger partial charge in [0.2, 0.25) is 7.41 Å². The van der Waals surface area contributed by atoms with Crippen LogP contribution in [0.5, 0.6) is 0 Å². The molecule has 1 radical (unpaired) electrons. The Morgan fingerprint density at radius 1 is 1.70 bits per heavy atom. The van der Waals surface area contributed by atoms with Gasteiger partial charge >= 0.3 is 0 Å². The zero-order chi connectivity index (χ0) is 7.56. The van der Waals surface area contributed by atoms with Crippen molar-refractivity contribution >= 4 is 7.41 Å². The molecule has 0 amide bonds. The topological polar surface area (TPSA) is 84.9 Å². The second kappa shape index (κ2) is 3.31. The maximum Gasteiger partial charge on any atom is 0.242 e. The lowest BCUT2D eigenvalue weighted by Crippen LogP contribution is -2.60. The van der Waals surface area contributed by atoms with E-state index < -0.39 is 18.2 Å². The molecule has 0 aromatic carbocycles. The molecule has 0 aromatic heterocycles. The fourth-order valence-electron chi connectivity index (χ4n) is 0.855. The third-order valence-corrected chi connectivity index (χ3v) is 1.48. The predicted octanol–water partition coefficient (Wildman–Crippen LogP) is -1.86. The fourth-order valence-corrected chi connectivity index (χ4v) is 0.855. The van der Waals surface area contributed by atoms with E-state index in [0.717, 1.165) is 0 Å². The van der Waals surface area contributed by atoms with Gasteiger partial charge in [0.1, 0.15) is 18.8 Å². The molecule has 1 heterocycles. The predicted molar refractivity (Wildman–Crippen MR) is 33.2 cm³/mol. The molecule has 0 aromatic rings. The van der Waals surface area contributed by atoms with Gasteiger partial charge in [-0.05, 0) is 0 Å². The lowest BCUT2D eigenvalue weighted by Gasteiger charge is -2.39. The van der Waals surface area contributed by atoms with Crippen LogP contribution >= 0.6 is 0 Å². The van der Waals surface area contributed by atoms with E-state index in [2.05, 4.69) is 4.89 Å². The first-order chi connectivity index (χ1) is 4.79. The molecule has 3 atom stereocenters. The van der Waals surface area contributed by atoms with E-state index in [1.807, 2.05) is 0 Å². The van der Waals surface area contributed by atoms with Gasteiger partial charge in [0.25, 0.3) is 0 Å². The van der Waals surface area contributed by atoms with Gasteiger partial charge in [0, 0.05) is 0 Å². The quantitative estimate of drug-likeness (QED) is 0.247. The number of ether oxygens (including phenoxy) is 1. The Labute approximate surface area is 58.9 Å². The lowest BCUT2D eigenvalue weighted by atomic mass is 9.77. The van der Waals surface area contributed by atoms with Crippen molar-refractivity contribution in [1.82, 2.24) is 0 Å². The molecule has 1 aliphatic heterocycles. The number of aliphatic hydroxyl groups is 1. The molecular weight excluding hydrogens is 137 g/mol. The van der Waals surface area contributed by atoms with Crippen LogP contribution in [0.3, 0.4) is 0 Å². The standard InChI is InChI=1S/C4H9BNO4/c6-5-4-3(7)2(10-4)1-9-8/h2-4,7-8H,1,6H2/t2?,3-,4?/m0/s1. The number of nitrogens with two attached hydrogens (primary N) is 1. The average Bonchev–Trinajstić information content (AvgIpc) is 1.96. The molecule has 5 nitrogen and oxygen atoms in total. The molecule has 0 aliphatic carbocycles. The van der Waals surface area contributed by atoms with E-state index in [1.165, 1.54) is 7.41 Å². The summed E-state index contributed by atoms with van der Waals surface area (Å²) in [5, 5.41) is 17.0. The van der Waals surface area contributed by atoms with Crippen molar-refractivity contribution in [3.8, 4) is 0 Å². The van der Waals surface area contributed by atoms with Crippen LogP contribution in [-0.2, 0) is 9.62 Å². The first-order valence-corrected chi connectivity index (χ1v) is 2.94. The van der Waals surface area contributed by atoms with Crippen molar-refractivity contribution < 1.29 is 20.0 Å². The van der Waals surface area contributed by atoms with Gasteiger partial charge in [0.05, 0.1) is 6.00 Å². The van der Waals surface area contributed by atoms with E-state index in [1.54, 1.807) is 0 Å². The summed E-state index contributed by atoms with van der Waals surface area (Å²) in [4.78, 5) is 3.77. The van der Waals surface area contributed by atoms with E-state index in [-0.39, 0.29) is 6.61 Å². The number of rotatable bonds is 3. The molecule has 10 heavy (non-hydrogen) atoms. The van der Waals surface area contributed by atoms with Gasteiger partial charge in [0.15, 0.2) is 0 Å². The molecule has 1 saturated heterocycles. The van der Waals surface area contributed by atoms with Gasteiger partial charge < -0.3 is 15.5 Å². The average molecular weight is 146 g/mol. The molecular formula is C4H9BNO4. The molecule has 0 spiro atoms. The molecule has 1 fully saturated rings. The molecule has 1 aliphatic rings. The van der Waals surface area contributed by atoms with E-state index in [0.29, 0.717) is 0 Å². The second-order valence-electron chi connectivity index (χ2n) is 2.12. The van der Waals surface area contributed by atoms with Crippen LogP contribution < -0.4 is 5.64 Å². The van der Waals surface area contributed by atoms with Crippen LogP contribution in [0.4, 0.5) is 0 Å². The Morgan fingerprint density at radius 2 is 2.40 bits per heavy atom. The Balaban J connectivity index is 2.18. The lowest BCUT2D eigenvalue weighted by molar-refractivity contribution is -0.297. The van der Waals surface area contributed by atoms with Gasteiger partial charge in [-0.25, -0.2) is 4.89 Å². The zero-order valence-corrected chi connectivity index (χ0v) is 5.30. The van der Waals surface area contributed by atoms with Crippen molar-refractivity contribution in [1.29, 1.82) is 0 Å². The summed E-state index contributed by atoms with van der Waals surface area (Å²) in [6, 6.07) is -0.417. The summed E-state index contributed by atoms with van der Waals surface area (Å²) in [5.41, 5.74) is 5.07. The SMILES string of the molecule is N[B]C1OC(COO)[C@@H]1O. The first-order valence-electron chi connectivity index (χ1n) is 2.94. The maximum absolute atomic E-state index is 9.07. The highest BCUT2D eigenvalue weighted by Crippen LogP contribution is 2.19. The summed E-state index contributed by atoms with van der Waals surface area (Å²) in [6.07, 6.45) is -1.10. The van der Waals surface area contributed by atoms with Crippen molar-refractivity contribution in [3.63, 3.8) is 0 Å². The van der Waals surface area contributed by atoms with Crippen LogP contribution in [-0.4, -0.2) is 42.6 Å². The minimum Gasteiger partial charge on any atom is -0.388 e. The minimum atomic E-state index is -0.655. The third kappa shape index (κ3) is 1.30. The maximum atomic E-state index is 9.07. The smallest absolute Gasteiger partial charge is 0.242 e. The number of hydrogen-bond acceptors (Lipinski definition) is 5. The Bertz CT molecular complexity index is 113. The monoisotopic (exact) mass is 146 g/mol. The van der Waals surface area contributed by atoms with Crippen LogP contribution in [0.2, 0.25) is 0 Å². The molecule has 57 valence electrons. The van der Waals surface area contributed by atoms with Crippen molar-refractivity contribution in [3.05, 3.63) is 0 Å². The van der Waals surface area contributed by atoms with Crippen LogP contribution in [0.15, 0.2) is 0 Å². The second-order valence-corrected chi connectivity index (χ2v) is 2.12. The van der Waals surface area contributed by atoms with E-state index >= 15 is 0 Å². The van der Waals surface area contributed by atoms with Crippen molar-refractivity contribution in [2.24, 2.45) is 5.64 Å². The molecule has 1 rings (SSSR count). The largest absolute Gasteiger partial charge is 0.388 e. The van der Waals surface area contributed by atoms with Crippen molar-refractivity contribution in [2.45, 2.75) is 18.2 Å².